The first-order valence-electron chi connectivity index (χ1n) is 12.9. The summed E-state index contributed by atoms with van der Waals surface area (Å²) in [6.45, 7) is 2.72. The molecule has 0 radical (unpaired) electrons. The normalized spacial score (nSPS) is 36.6. The van der Waals surface area contributed by atoms with Gasteiger partial charge in [0, 0.05) is 48.0 Å². The van der Waals surface area contributed by atoms with E-state index in [2.05, 4.69) is 28.0 Å². The third kappa shape index (κ3) is 2.65. The Kier molecular flexibility index (Phi) is 4.33. The molecular formula is C28H28N4O4. The molecular weight excluding hydrogens is 456 g/mol. The average Bonchev–Trinajstić information content (AvgIpc) is 3.35. The number of quaternary nitrogens is 1. The van der Waals surface area contributed by atoms with Crippen LogP contribution in [0.3, 0.4) is 0 Å². The van der Waals surface area contributed by atoms with Gasteiger partial charge in [-0.05, 0) is 66.8 Å². The van der Waals surface area contributed by atoms with Gasteiger partial charge in [-0.1, -0.05) is 11.6 Å². The lowest BCUT2D eigenvalue weighted by Crippen LogP contribution is -2.99. The predicted octanol–water partition coefficient (Wildman–Crippen LogP) is 2.25. The lowest BCUT2D eigenvalue weighted by molar-refractivity contribution is -0.991. The highest BCUT2D eigenvalue weighted by Gasteiger charge is 2.71. The fraction of sp³-hybridized carbons (Fsp3) is 0.429. The molecule has 1 amide bonds. The molecule has 5 heterocycles. The fourth-order valence-electron chi connectivity index (χ4n) is 8.48. The van der Waals surface area contributed by atoms with Gasteiger partial charge in [-0.3, -0.25) is 14.7 Å². The Labute approximate surface area is 209 Å². The van der Waals surface area contributed by atoms with Gasteiger partial charge in [-0.2, -0.15) is 5.23 Å². The van der Waals surface area contributed by atoms with Gasteiger partial charge in [-0.25, -0.2) is 5.21 Å². The number of benzene rings is 2. The summed E-state index contributed by atoms with van der Waals surface area (Å²) in [4.78, 5) is 23.1. The van der Waals surface area contributed by atoms with Crippen LogP contribution in [-0.4, -0.2) is 60.1 Å². The Balaban J connectivity index is 1.23. The fourth-order valence-corrected chi connectivity index (χ4v) is 8.48. The molecule has 36 heavy (non-hydrogen) atoms. The van der Waals surface area contributed by atoms with Crippen molar-refractivity contribution in [2.24, 2.45) is 16.8 Å². The van der Waals surface area contributed by atoms with E-state index in [0.29, 0.717) is 30.9 Å². The maximum atomic E-state index is 13.6. The molecule has 3 saturated heterocycles. The number of carbonyl (C=O) groups excluding carboxylic acids is 1. The molecule has 2 N–H and O–H groups in total. The Hall–Kier alpha value is -2.88. The van der Waals surface area contributed by atoms with Crippen LogP contribution in [-0.2, 0) is 14.9 Å². The van der Waals surface area contributed by atoms with E-state index in [-0.39, 0.29) is 29.2 Å². The molecule has 8 nitrogen and oxygen atoms in total. The number of ether oxygens (including phenoxy) is 1. The Morgan fingerprint density at radius 1 is 1.22 bits per heavy atom. The van der Waals surface area contributed by atoms with Crippen molar-refractivity contribution < 1.29 is 20.0 Å². The summed E-state index contributed by atoms with van der Waals surface area (Å²) in [6, 6.07) is 13.6. The van der Waals surface area contributed by atoms with Crippen LogP contribution in [0, 0.1) is 17.0 Å². The van der Waals surface area contributed by atoms with Crippen molar-refractivity contribution >= 4 is 29.2 Å². The molecule has 8 rings (SSSR count). The predicted molar refractivity (Wildman–Crippen MR) is 133 cm³/mol. The van der Waals surface area contributed by atoms with Crippen molar-refractivity contribution in [3.05, 3.63) is 70.4 Å². The molecule has 6 aliphatic rings. The number of fused-ring (bicyclic) bond motifs is 2. The van der Waals surface area contributed by atoms with Crippen molar-refractivity contribution in [1.29, 1.82) is 0 Å². The average molecular weight is 485 g/mol. The van der Waals surface area contributed by atoms with E-state index in [0.717, 1.165) is 42.9 Å². The van der Waals surface area contributed by atoms with Crippen molar-refractivity contribution in [1.82, 2.24) is 4.90 Å². The van der Waals surface area contributed by atoms with Crippen molar-refractivity contribution in [2.75, 3.05) is 24.6 Å². The first-order valence-corrected chi connectivity index (χ1v) is 12.9. The van der Waals surface area contributed by atoms with E-state index in [9.17, 15) is 10.0 Å². The van der Waals surface area contributed by atoms with Crippen LogP contribution < -0.4 is 10.1 Å². The van der Waals surface area contributed by atoms with Crippen LogP contribution in [0.15, 0.2) is 59.1 Å². The summed E-state index contributed by atoms with van der Waals surface area (Å²) in [5.41, 5.74) is 5.78. The molecule has 8 heteroatoms. The van der Waals surface area contributed by atoms with Gasteiger partial charge in [0.25, 0.3) is 0 Å². The van der Waals surface area contributed by atoms with Crippen LogP contribution in [0.4, 0.5) is 17.1 Å². The van der Waals surface area contributed by atoms with Crippen molar-refractivity contribution in [2.45, 2.75) is 42.9 Å². The van der Waals surface area contributed by atoms with Crippen LogP contribution in [0.5, 0.6) is 0 Å². The molecule has 7 atom stereocenters. The molecule has 1 saturated carbocycles. The molecule has 2 bridgehead atoms. The van der Waals surface area contributed by atoms with E-state index >= 15 is 0 Å². The van der Waals surface area contributed by atoms with E-state index in [4.69, 9.17) is 14.9 Å². The number of aliphatic imine (C=N–C) groups is 1. The SMILES string of the molecule is O=C1C[C@@H]2OCC=C3CN4CC[C@]56c7cc(N=Cc8ccc([NH+]([O-])O)cc8)ccc7N1[C@H]5[C@H]2[C@H]3C[C@H]46. The summed E-state index contributed by atoms with van der Waals surface area (Å²) in [6.07, 6.45) is 6.77. The monoisotopic (exact) mass is 484 g/mol. The zero-order valence-corrected chi connectivity index (χ0v) is 19.8. The largest absolute Gasteiger partial charge is 0.595 e. The van der Waals surface area contributed by atoms with Gasteiger partial charge in [0.2, 0.25) is 5.91 Å². The number of piperidine rings is 2. The van der Waals surface area contributed by atoms with Gasteiger partial charge in [0.15, 0.2) is 5.69 Å². The minimum atomic E-state index is -0.936. The third-order valence-electron chi connectivity index (χ3n) is 9.81. The van der Waals surface area contributed by atoms with Crippen LogP contribution >= 0.6 is 0 Å². The van der Waals surface area contributed by atoms with Gasteiger partial charge < -0.3 is 14.8 Å². The second-order valence-electron chi connectivity index (χ2n) is 11.1. The minimum absolute atomic E-state index is 0.00283. The molecule has 2 aromatic carbocycles. The van der Waals surface area contributed by atoms with Gasteiger partial charge in [0.05, 0.1) is 30.9 Å². The maximum Gasteiger partial charge on any atom is 0.229 e. The number of amides is 1. The van der Waals surface area contributed by atoms with E-state index in [1.165, 1.54) is 11.1 Å². The molecule has 2 aromatic rings. The molecule has 0 aromatic heterocycles. The number of nitrogens with one attached hydrogen (secondary N) is 1. The van der Waals surface area contributed by atoms with Crippen molar-refractivity contribution in [3.8, 4) is 0 Å². The van der Waals surface area contributed by atoms with Gasteiger partial charge in [0.1, 0.15) is 0 Å². The quantitative estimate of drug-likeness (QED) is 0.396. The Morgan fingerprint density at radius 2 is 2.08 bits per heavy atom. The van der Waals surface area contributed by atoms with Crippen LogP contribution in [0.2, 0.25) is 0 Å². The van der Waals surface area contributed by atoms with E-state index in [1.807, 2.05) is 6.07 Å². The molecule has 1 unspecified atom stereocenters. The van der Waals surface area contributed by atoms with Gasteiger partial charge in [-0.15, -0.1) is 0 Å². The zero-order valence-electron chi connectivity index (χ0n) is 19.8. The molecule has 4 fully saturated rings. The lowest BCUT2D eigenvalue weighted by atomic mass is 9.53. The lowest BCUT2D eigenvalue weighted by Gasteiger charge is -2.58. The third-order valence-corrected chi connectivity index (χ3v) is 9.81. The van der Waals surface area contributed by atoms with Crippen LogP contribution in [0.25, 0.3) is 0 Å². The standard InChI is InChI=1S/C28H28N4O4/c33-25-13-23-26-20-12-24-28(8-9-30(24)15-17(20)7-10-36-23)21-11-18(3-6-22(21)31(25)27(26)28)29-14-16-1-4-19(5-2-16)32(34)35/h1-7,11,14,20,23-24,26-27,32,34H,8-10,12-13,15H2/t20-,23-,24-,26-,27-,28+/m0/s1. The van der Waals surface area contributed by atoms with Crippen LogP contribution in [0.1, 0.15) is 30.4 Å². The highest BCUT2D eigenvalue weighted by molar-refractivity contribution is 5.99. The number of anilines is 1. The minimum Gasteiger partial charge on any atom is -0.595 e. The number of rotatable bonds is 3. The summed E-state index contributed by atoms with van der Waals surface area (Å²) in [5, 5.41) is 19.3. The maximum absolute atomic E-state index is 13.6. The smallest absolute Gasteiger partial charge is 0.229 e. The molecule has 184 valence electrons. The van der Waals surface area contributed by atoms with Crippen molar-refractivity contribution in [3.63, 3.8) is 0 Å². The first-order chi connectivity index (χ1) is 17.5. The number of hydrogen-bond donors (Lipinski definition) is 2. The first kappa shape index (κ1) is 21.2. The summed E-state index contributed by atoms with van der Waals surface area (Å²) >= 11 is 0. The summed E-state index contributed by atoms with van der Waals surface area (Å²) in [7, 11) is 0. The van der Waals surface area contributed by atoms with E-state index < -0.39 is 5.23 Å². The number of carbonyl (C=O) groups is 1. The number of hydrogen-bond acceptors (Lipinski definition) is 6. The Morgan fingerprint density at radius 3 is 2.92 bits per heavy atom. The number of nitrogens with zero attached hydrogens (tertiary/aromatic N) is 3. The summed E-state index contributed by atoms with van der Waals surface area (Å²) < 4.78 is 6.32. The Bertz CT molecular complexity index is 1340. The highest BCUT2D eigenvalue weighted by atomic mass is 16.8. The zero-order chi connectivity index (χ0) is 24.2. The van der Waals surface area contributed by atoms with Gasteiger partial charge >= 0.3 is 0 Å². The topological polar surface area (TPSA) is 92.9 Å². The molecule has 5 aliphatic heterocycles. The second kappa shape index (κ2) is 7.34. The van der Waals surface area contributed by atoms with E-state index in [1.54, 1.807) is 30.5 Å². The highest BCUT2D eigenvalue weighted by Crippen LogP contribution is 2.66. The summed E-state index contributed by atoms with van der Waals surface area (Å²) in [5.74, 6) is 1.04. The molecule has 1 spiro atoms. The second-order valence-corrected chi connectivity index (χ2v) is 11.1. The molecule has 1 aliphatic carbocycles.